The minimum Gasteiger partial charge on any atom is -0.322 e. The molecule has 0 saturated carbocycles. The molecule has 0 unspecified atom stereocenters. The molecule has 1 N–H and O–H groups in total. The normalized spacial score (nSPS) is 11.0. The lowest BCUT2D eigenvalue weighted by Gasteiger charge is -2.12. The van der Waals surface area contributed by atoms with E-state index in [1.54, 1.807) is 42.2 Å². The van der Waals surface area contributed by atoms with Crippen molar-refractivity contribution in [1.29, 1.82) is 0 Å². The number of carbonyl (C=O) groups excluding carboxylic acids is 1. The fraction of sp³-hybridized carbons (Fsp3) is 0.294. The first kappa shape index (κ1) is 16.7. The number of aryl methyl sites for hydroxylation is 2. The van der Waals surface area contributed by atoms with Crippen molar-refractivity contribution in [2.45, 2.75) is 19.9 Å². The van der Waals surface area contributed by atoms with Crippen molar-refractivity contribution in [3.05, 3.63) is 57.1 Å². The van der Waals surface area contributed by atoms with Gasteiger partial charge in [-0.3, -0.25) is 23.7 Å². The summed E-state index contributed by atoms with van der Waals surface area (Å²) in [7, 11) is 3.02. The molecule has 0 radical (unpaired) electrons. The molecule has 0 saturated heterocycles. The molecule has 0 aliphatic heterocycles. The first-order chi connectivity index (χ1) is 12.0. The van der Waals surface area contributed by atoms with Crippen LogP contribution in [-0.4, -0.2) is 24.6 Å². The summed E-state index contributed by atoms with van der Waals surface area (Å²) in [6.07, 6.45) is 3.91. The number of nitrogens with one attached hydrogen (secondary N) is 1. The van der Waals surface area contributed by atoms with Gasteiger partial charge in [0.1, 0.15) is 11.3 Å². The molecule has 0 aliphatic carbocycles. The van der Waals surface area contributed by atoms with Crippen molar-refractivity contribution in [3.63, 3.8) is 0 Å². The van der Waals surface area contributed by atoms with Crippen molar-refractivity contribution in [2.24, 2.45) is 14.1 Å². The van der Waals surface area contributed by atoms with Crippen LogP contribution in [0.3, 0.4) is 0 Å². The largest absolute Gasteiger partial charge is 0.332 e. The van der Waals surface area contributed by atoms with E-state index in [0.29, 0.717) is 29.0 Å². The SMILES string of the molecule is CCCn1c(C(=O)Nc2cccnc2)cc2c(=O)n(C)c(=O)n(C)c21. The van der Waals surface area contributed by atoms with E-state index in [1.165, 1.54) is 11.6 Å². The second-order valence-electron chi connectivity index (χ2n) is 5.82. The van der Waals surface area contributed by atoms with Crippen molar-refractivity contribution in [1.82, 2.24) is 18.7 Å². The molecule has 0 aromatic carbocycles. The maximum atomic E-state index is 12.7. The van der Waals surface area contributed by atoms with Crippen molar-refractivity contribution < 1.29 is 4.79 Å². The predicted molar refractivity (Wildman–Crippen MR) is 94.9 cm³/mol. The summed E-state index contributed by atoms with van der Waals surface area (Å²) in [5, 5.41) is 3.11. The first-order valence-corrected chi connectivity index (χ1v) is 7.96. The molecule has 3 aromatic rings. The Morgan fingerprint density at radius 3 is 2.64 bits per heavy atom. The van der Waals surface area contributed by atoms with Crippen molar-refractivity contribution >= 4 is 22.6 Å². The van der Waals surface area contributed by atoms with Gasteiger partial charge in [-0.2, -0.15) is 0 Å². The fourth-order valence-corrected chi connectivity index (χ4v) is 2.91. The summed E-state index contributed by atoms with van der Waals surface area (Å²) < 4.78 is 4.15. The standard InChI is InChI=1S/C17H19N5O3/c1-4-8-22-13(14(23)19-11-6-5-7-18-10-11)9-12-15(22)20(2)17(25)21(3)16(12)24/h5-7,9-10H,4,8H2,1-3H3,(H,19,23). The highest BCUT2D eigenvalue weighted by Crippen LogP contribution is 2.18. The van der Waals surface area contributed by atoms with Crippen LogP contribution in [0.25, 0.3) is 11.0 Å². The van der Waals surface area contributed by atoms with E-state index in [0.717, 1.165) is 11.0 Å². The molecular weight excluding hydrogens is 322 g/mol. The molecular formula is C17H19N5O3. The monoisotopic (exact) mass is 341 g/mol. The number of anilines is 1. The Kier molecular flexibility index (Phi) is 4.26. The third kappa shape index (κ3) is 2.75. The molecule has 0 bridgehead atoms. The molecule has 3 aromatic heterocycles. The summed E-state index contributed by atoms with van der Waals surface area (Å²) in [5.74, 6) is -0.354. The van der Waals surface area contributed by atoms with Gasteiger partial charge in [0.2, 0.25) is 0 Å². The molecule has 0 spiro atoms. The van der Waals surface area contributed by atoms with Crippen LogP contribution in [0.5, 0.6) is 0 Å². The maximum absolute atomic E-state index is 12.7. The minimum absolute atomic E-state index is 0.332. The molecule has 8 nitrogen and oxygen atoms in total. The number of aromatic nitrogens is 4. The summed E-state index contributed by atoms with van der Waals surface area (Å²) in [6, 6.07) is 4.99. The fourth-order valence-electron chi connectivity index (χ4n) is 2.91. The number of nitrogens with zero attached hydrogens (tertiary/aromatic N) is 4. The average molecular weight is 341 g/mol. The summed E-state index contributed by atoms with van der Waals surface area (Å²) in [5.41, 5.74) is 0.503. The molecule has 0 fully saturated rings. The number of rotatable bonds is 4. The van der Waals surface area contributed by atoms with Gasteiger partial charge in [0.25, 0.3) is 11.5 Å². The lowest BCUT2D eigenvalue weighted by Crippen LogP contribution is -2.37. The number of hydrogen-bond acceptors (Lipinski definition) is 4. The molecule has 3 heterocycles. The quantitative estimate of drug-likeness (QED) is 0.769. The van der Waals surface area contributed by atoms with Gasteiger partial charge in [-0.15, -0.1) is 0 Å². The molecule has 0 atom stereocenters. The second kappa shape index (κ2) is 6.39. The Balaban J connectivity index is 2.21. The zero-order valence-corrected chi connectivity index (χ0v) is 14.3. The lowest BCUT2D eigenvalue weighted by atomic mass is 10.3. The molecule has 8 heteroatoms. The molecule has 25 heavy (non-hydrogen) atoms. The van der Waals surface area contributed by atoms with Gasteiger partial charge >= 0.3 is 5.69 Å². The van der Waals surface area contributed by atoms with E-state index in [4.69, 9.17) is 0 Å². The highest BCUT2D eigenvalue weighted by Gasteiger charge is 2.20. The van der Waals surface area contributed by atoms with Gasteiger partial charge in [-0.25, -0.2) is 4.79 Å². The minimum atomic E-state index is -0.424. The Bertz CT molecular complexity index is 1060. The van der Waals surface area contributed by atoms with Gasteiger partial charge in [0, 0.05) is 26.8 Å². The molecule has 130 valence electrons. The number of carbonyl (C=O) groups is 1. The number of fused-ring (bicyclic) bond motifs is 1. The molecule has 3 rings (SSSR count). The molecule has 1 amide bonds. The zero-order valence-electron chi connectivity index (χ0n) is 14.3. The number of pyridine rings is 1. The third-order valence-electron chi connectivity index (χ3n) is 4.09. The first-order valence-electron chi connectivity index (χ1n) is 7.96. The van der Waals surface area contributed by atoms with E-state index < -0.39 is 11.2 Å². The van der Waals surface area contributed by atoms with Crippen LogP contribution < -0.4 is 16.6 Å². The Morgan fingerprint density at radius 2 is 2.00 bits per heavy atom. The van der Waals surface area contributed by atoms with Gasteiger partial charge in [-0.05, 0) is 24.6 Å². The van der Waals surface area contributed by atoms with Gasteiger partial charge < -0.3 is 9.88 Å². The Hall–Kier alpha value is -3.16. The summed E-state index contributed by atoms with van der Waals surface area (Å²) in [6.45, 7) is 2.48. The van der Waals surface area contributed by atoms with E-state index in [-0.39, 0.29) is 5.91 Å². The summed E-state index contributed by atoms with van der Waals surface area (Å²) in [4.78, 5) is 41.4. The zero-order chi connectivity index (χ0) is 18.1. The van der Waals surface area contributed by atoms with E-state index >= 15 is 0 Å². The maximum Gasteiger partial charge on any atom is 0.332 e. The van der Waals surface area contributed by atoms with Crippen LogP contribution in [0.15, 0.2) is 40.2 Å². The highest BCUT2D eigenvalue weighted by molar-refractivity contribution is 6.05. The van der Waals surface area contributed by atoms with Crippen LogP contribution in [0.2, 0.25) is 0 Å². The lowest BCUT2D eigenvalue weighted by molar-refractivity contribution is 0.101. The van der Waals surface area contributed by atoms with E-state index in [2.05, 4.69) is 10.3 Å². The highest BCUT2D eigenvalue weighted by atomic mass is 16.2. The van der Waals surface area contributed by atoms with Gasteiger partial charge in [0.15, 0.2) is 0 Å². The second-order valence-corrected chi connectivity index (χ2v) is 5.82. The van der Waals surface area contributed by atoms with Crippen molar-refractivity contribution in [2.75, 3.05) is 5.32 Å². The van der Waals surface area contributed by atoms with Crippen molar-refractivity contribution in [3.8, 4) is 0 Å². The average Bonchev–Trinajstić information content (AvgIpc) is 2.99. The van der Waals surface area contributed by atoms with Crippen LogP contribution in [0.4, 0.5) is 5.69 Å². The molecule has 0 aliphatic rings. The van der Waals surface area contributed by atoms with E-state index in [1.807, 2.05) is 6.92 Å². The van der Waals surface area contributed by atoms with Crippen LogP contribution in [0.1, 0.15) is 23.8 Å². The van der Waals surface area contributed by atoms with Crippen LogP contribution in [-0.2, 0) is 20.6 Å². The van der Waals surface area contributed by atoms with Gasteiger partial charge in [-0.1, -0.05) is 6.92 Å². The topological polar surface area (TPSA) is 90.9 Å². The number of hydrogen-bond donors (Lipinski definition) is 1. The Labute approximate surface area is 143 Å². The predicted octanol–water partition coefficient (Wildman–Crippen LogP) is 1.10. The van der Waals surface area contributed by atoms with Crippen LogP contribution >= 0.6 is 0 Å². The van der Waals surface area contributed by atoms with Crippen LogP contribution in [0, 0.1) is 0 Å². The van der Waals surface area contributed by atoms with Gasteiger partial charge in [0.05, 0.1) is 17.3 Å². The smallest absolute Gasteiger partial charge is 0.322 e. The van der Waals surface area contributed by atoms with E-state index in [9.17, 15) is 14.4 Å². The number of amides is 1. The summed E-state index contributed by atoms with van der Waals surface area (Å²) >= 11 is 0. The Morgan fingerprint density at radius 1 is 1.24 bits per heavy atom. The third-order valence-corrected chi connectivity index (χ3v) is 4.09.